The van der Waals surface area contributed by atoms with Gasteiger partial charge in [-0.05, 0) is 25.0 Å². The van der Waals surface area contributed by atoms with E-state index < -0.39 is 0 Å². The maximum Gasteiger partial charge on any atom is 0.240 e. The minimum atomic E-state index is 0.241. The first kappa shape index (κ1) is 14.9. The number of rotatable bonds is 4. The summed E-state index contributed by atoms with van der Waals surface area (Å²) in [4.78, 5) is 7.04. The molecule has 6 nitrogen and oxygen atoms in total. The summed E-state index contributed by atoms with van der Waals surface area (Å²) >= 11 is 0. The minimum absolute atomic E-state index is 0.241. The monoisotopic (exact) mass is 316 g/mol. The van der Waals surface area contributed by atoms with Crippen LogP contribution in [0.4, 0.5) is 0 Å². The number of aryl methyl sites for hydroxylation is 1. The van der Waals surface area contributed by atoms with Gasteiger partial charge in [0.15, 0.2) is 5.82 Å². The Hall–Kier alpha value is -1.66. The lowest BCUT2D eigenvalue weighted by Crippen LogP contribution is -2.39. The second kappa shape index (κ2) is 6.45. The zero-order valence-electron chi connectivity index (χ0n) is 13.6. The second-order valence-electron chi connectivity index (χ2n) is 6.63. The summed E-state index contributed by atoms with van der Waals surface area (Å²) < 4.78 is 13.4. The molecule has 6 heteroatoms. The molecule has 0 radical (unpaired) electrons. The number of aromatic nitrogens is 3. The summed E-state index contributed by atoms with van der Waals surface area (Å²) in [5.41, 5.74) is 1.26. The van der Waals surface area contributed by atoms with Gasteiger partial charge in [0.1, 0.15) is 0 Å². The Morgan fingerprint density at radius 1 is 1.30 bits per heavy atom. The third-order valence-electron chi connectivity index (χ3n) is 5.11. The molecule has 2 aromatic rings. The second-order valence-corrected chi connectivity index (χ2v) is 6.63. The number of morpholine rings is 1. The van der Waals surface area contributed by atoms with Gasteiger partial charge in [0, 0.05) is 31.4 Å². The summed E-state index contributed by atoms with van der Waals surface area (Å²) in [6.45, 7) is 3.04. The molecule has 0 aromatic carbocycles. The van der Waals surface area contributed by atoms with Crippen molar-refractivity contribution in [3.63, 3.8) is 0 Å². The van der Waals surface area contributed by atoms with Crippen LogP contribution >= 0.6 is 0 Å². The molecule has 1 atom stereocenters. The van der Waals surface area contributed by atoms with Gasteiger partial charge in [0.25, 0.3) is 0 Å². The van der Waals surface area contributed by atoms with E-state index in [0.29, 0.717) is 19.1 Å². The fourth-order valence-electron chi connectivity index (χ4n) is 3.78. The van der Waals surface area contributed by atoms with Crippen molar-refractivity contribution in [2.45, 2.75) is 44.2 Å². The molecule has 1 saturated carbocycles. The molecule has 4 rings (SSSR count). The van der Waals surface area contributed by atoms with Gasteiger partial charge in [-0.2, -0.15) is 4.98 Å². The minimum Gasteiger partial charge on any atom is -0.378 e. The van der Waals surface area contributed by atoms with Gasteiger partial charge in [-0.1, -0.05) is 18.0 Å². The average molecular weight is 316 g/mol. The standard InChI is InChI=1S/C17H24N4O2/c1-20-8-4-7-14(20)15-12-22-10-9-21(15)11-16-18-17(19-23-16)13-5-2-3-6-13/h4,7-8,13,15H,2-3,5-6,9-12H2,1H3/t15-/m1/s1. The van der Waals surface area contributed by atoms with Crippen molar-refractivity contribution in [2.24, 2.45) is 7.05 Å². The van der Waals surface area contributed by atoms with E-state index in [-0.39, 0.29) is 6.04 Å². The van der Waals surface area contributed by atoms with E-state index in [1.54, 1.807) is 0 Å². The quantitative estimate of drug-likeness (QED) is 0.868. The molecule has 1 aliphatic heterocycles. The van der Waals surface area contributed by atoms with Crippen LogP contribution in [0.2, 0.25) is 0 Å². The van der Waals surface area contributed by atoms with Crippen LogP contribution < -0.4 is 0 Å². The summed E-state index contributed by atoms with van der Waals surface area (Å²) in [6, 6.07) is 4.47. The number of hydrogen-bond donors (Lipinski definition) is 0. The van der Waals surface area contributed by atoms with Gasteiger partial charge >= 0.3 is 0 Å². The van der Waals surface area contributed by atoms with E-state index in [4.69, 9.17) is 9.26 Å². The first-order chi connectivity index (χ1) is 11.3. The molecule has 3 heterocycles. The Morgan fingerprint density at radius 3 is 2.96 bits per heavy atom. The molecule has 0 N–H and O–H groups in total. The average Bonchev–Trinajstić information content (AvgIpc) is 3.29. The highest BCUT2D eigenvalue weighted by atomic mass is 16.5. The van der Waals surface area contributed by atoms with Crippen LogP contribution in [-0.2, 0) is 18.3 Å². The molecule has 0 bridgehead atoms. The molecule has 1 saturated heterocycles. The van der Waals surface area contributed by atoms with E-state index in [1.807, 2.05) is 0 Å². The number of ether oxygens (including phenoxy) is 1. The lowest BCUT2D eigenvalue weighted by atomic mass is 10.1. The highest BCUT2D eigenvalue weighted by Gasteiger charge is 2.29. The molecule has 0 amide bonds. The van der Waals surface area contributed by atoms with Crippen molar-refractivity contribution < 1.29 is 9.26 Å². The molecule has 1 aliphatic carbocycles. The number of nitrogens with zero attached hydrogens (tertiary/aromatic N) is 4. The first-order valence-electron chi connectivity index (χ1n) is 8.57. The summed E-state index contributed by atoms with van der Waals surface area (Å²) in [5, 5.41) is 4.22. The van der Waals surface area contributed by atoms with Gasteiger partial charge in [-0.3, -0.25) is 4.90 Å². The lowest BCUT2D eigenvalue weighted by molar-refractivity contribution is -0.0192. The Morgan fingerprint density at radius 2 is 2.17 bits per heavy atom. The summed E-state index contributed by atoms with van der Waals surface area (Å²) in [5.74, 6) is 2.13. The Balaban J connectivity index is 1.49. The van der Waals surface area contributed by atoms with E-state index in [1.165, 1.54) is 31.4 Å². The van der Waals surface area contributed by atoms with E-state index in [0.717, 1.165) is 24.9 Å². The van der Waals surface area contributed by atoms with Crippen molar-refractivity contribution in [3.8, 4) is 0 Å². The smallest absolute Gasteiger partial charge is 0.240 e. The Kier molecular flexibility index (Phi) is 4.18. The molecule has 2 aliphatic rings. The SMILES string of the molecule is Cn1cccc1[C@H]1COCCN1Cc1nc(C2CCCC2)no1. The van der Waals surface area contributed by atoms with Crippen molar-refractivity contribution in [3.05, 3.63) is 35.7 Å². The Bertz CT molecular complexity index is 645. The van der Waals surface area contributed by atoms with Crippen LogP contribution in [0.1, 0.15) is 55.1 Å². The highest BCUT2D eigenvalue weighted by molar-refractivity contribution is 5.13. The van der Waals surface area contributed by atoms with Crippen molar-refractivity contribution in [1.82, 2.24) is 19.6 Å². The maximum absolute atomic E-state index is 5.69. The summed E-state index contributed by atoms with van der Waals surface area (Å²) in [7, 11) is 2.08. The molecule has 2 aromatic heterocycles. The Labute approximate surface area is 136 Å². The maximum atomic E-state index is 5.69. The third kappa shape index (κ3) is 3.05. The molecule has 2 fully saturated rings. The van der Waals surface area contributed by atoms with Crippen molar-refractivity contribution in [2.75, 3.05) is 19.8 Å². The fraction of sp³-hybridized carbons (Fsp3) is 0.647. The van der Waals surface area contributed by atoms with E-state index in [9.17, 15) is 0 Å². The highest BCUT2D eigenvalue weighted by Crippen LogP contribution is 2.32. The topological polar surface area (TPSA) is 56.3 Å². The van der Waals surface area contributed by atoms with Crippen molar-refractivity contribution >= 4 is 0 Å². The first-order valence-corrected chi connectivity index (χ1v) is 8.57. The molecule has 23 heavy (non-hydrogen) atoms. The van der Waals surface area contributed by atoms with Gasteiger partial charge in [-0.15, -0.1) is 0 Å². The van der Waals surface area contributed by atoms with Crippen LogP contribution in [0.25, 0.3) is 0 Å². The van der Waals surface area contributed by atoms with Crippen molar-refractivity contribution in [1.29, 1.82) is 0 Å². The van der Waals surface area contributed by atoms with Crippen LogP contribution in [0.15, 0.2) is 22.9 Å². The third-order valence-corrected chi connectivity index (χ3v) is 5.11. The van der Waals surface area contributed by atoms with Crippen LogP contribution in [-0.4, -0.2) is 39.4 Å². The molecule has 124 valence electrons. The normalized spacial score (nSPS) is 23.6. The van der Waals surface area contributed by atoms with E-state index >= 15 is 0 Å². The fourth-order valence-corrected chi connectivity index (χ4v) is 3.78. The van der Waals surface area contributed by atoms with Crippen LogP contribution in [0.5, 0.6) is 0 Å². The largest absolute Gasteiger partial charge is 0.378 e. The predicted octanol–water partition coefficient (Wildman–Crippen LogP) is 2.64. The van der Waals surface area contributed by atoms with Gasteiger partial charge in [0.05, 0.1) is 25.8 Å². The lowest BCUT2D eigenvalue weighted by Gasteiger charge is -2.34. The zero-order valence-corrected chi connectivity index (χ0v) is 13.6. The zero-order chi connectivity index (χ0) is 15.6. The molecular formula is C17H24N4O2. The predicted molar refractivity (Wildman–Crippen MR) is 84.9 cm³/mol. The van der Waals surface area contributed by atoms with Gasteiger partial charge < -0.3 is 13.8 Å². The van der Waals surface area contributed by atoms with Gasteiger partial charge in [-0.25, -0.2) is 0 Å². The van der Waals surface area contributed by atoms with Gasteiger partial charge in [0.2, 0.25) is 5.89 Å². The molecular weight excluding hydrogens is 292 g/mol. The summed E-state index contributed by atoms with van der Waals surface area (Å²) in [6.07, 6.45) is 7.04. The van der Waals surface area contributed by atoms with E-state index in [2.05, 4.69) is 45.0 Å². The number of hydrogen-bond acceptors (Lipinski definition) is 5. The molecule has 0 unspecified atom stereocenters. The molecule has 0 spiro atoms. The van der Waals surface area contributed by atoms with Crippen LogP contribution in [0.3, 0.4) is 0 Å². The van der Waals surface area contributed by atoms with Crippen LogP contribution in [0, 0.1) is 0 Å².